The molecule has 0 aromatic carbocycles. The Hall–Kier alpha value is -1.32. The van der Waals surface area contributed by atoms with Gasteiger partial charge in [-0.25, -0.2) is 0 Å². The number of carbonyl (C=O) groups is 2. The fourth-order valence-corrected chi connectivity index (χ4v) is 1.91. The van der Waals surface area contributed by atoms with Crippen molar-refractivity contribution >= 4 is 11.9 Å². The van der Waals surface area contributed by atoms with Crippen LogP contribution in [0.5, 0.6) is 0 Å². The zero-order valence-corrected chi connectivity index (χ0v) is 9.69. The zero-order chi connectivity index (χ0) is 12.0. The van der Waals surface area contributed by atoms with Gasteiger partial charge in [-0.3, -0.25) is 9.59 Å². The fraction of sp³-hybridized carbons (Fsp3) is 0.667. The van der Waals surface area contributed by atoms with E-state index >= 15 is 0 Å². The second-order valence-electron chi connectivity index (χ2n) is 4.09. The molecule has 0 saturated carbocycles. The summed E-state index contributed by atoms with van der Waals surface area (Å²) in [4.78, 5) is 23.9. The van der Waals surface area contributed by atoms with Gasteiger partial charge < -0.3 is 10.0 Å². The molecule has 16 heavy (non-hydrogen) atoms. The van der Waals surface area contributed by atoms with E-state index in [1.165, 1.54) is 0 Å². The molecule has 4 heteroatoms. The predicted molar refractivity (Wildman–Crippen MR) is 61.0 cm³/mol. The summed E-state index contributed by atoms with van der Waals surface area (Å²) < 4.78 is 0. The van der Waals surface area contributed by atoms with Gasteiger partial charge in [0.1, 0.15) is 0 Å². The van der Waals surface area contributed by atoms with Gasteiger partial charge in [0.2, 0.25) is 5.91 Å². The van der Waals surface area contributed by atoms with Gasteiger partial charge in [-0.2, -0.15) is 0 Å². The second kappa shape index (κ2) is 6.30. The maximum atomic E-state index is 11.8. The van der Waals surface area contributed by atoms with Gasteiger partial charge in [0.25, 0.3) is 0 Å². The van der Waals surface area contributed by atoms with Crippen molar-refractivity contribution in [3.8, 4) is 0 Å². The molecule has 0 heterocycles. The summed E-state index contributed by atoms with van der Waals surface area (Å²) in [6, 6.07) is 0. The molecule has 0 bridgehead atoms. The van der Waals surface area contributed by atoms with Gasteiger partial charge in [-0.1, -0.05) is 12.2 Å². The first kappa shape index (κ1) is 12.7. The zero-order valence-electron chi connectivity index (χ0n) is 9.69. The third-order valence-electron chi connectivity index (χ3n) is 2.88. The van der Waals surface area contributed by atoms with Crippen molar-refractivity contribution in [3.63, 3.8) is 0 Å². The molecule has 0 aliphatic heterocycles. The van der Waals surface area contributed by atoms with Crippen LogP contribution in [0.1, 0.15) is 32.6 Å². The summed E-state index contributed by atoms with van der Waals surface area (Å²) in [5.74, 6) is -0.432. The third kappa shape index (κ3) is 4.04. The number of aliphatic carboxylic acids is 1. The molecule has 0 aromatic heterocycles. The number of allylic oxidation sites excluding steroid dienone is 2. The number of carboxylic acids is 1. The molecule has 0 fully saturated rings. The molecule has 1 aliphatic rings. The molecule has 1 amide bonds. The van der Waals surface area contributed by atoms with Gasteiger partial charge >= 0.3 is 5.97 Å². The lowest BCUT2D eigenvalue weighted by Gasteiger charge is -2.21. The molecular formula is C12H19NO3. The topological polar surface area (TPSA) is 57.6 Å². The smallest absolute Gasteiger partial charge is 0.305 e. The lowest BCUT2D eigenvalue weighted by atomic mass is 10.0. The van der Waals surface area contributed by atoms with Crippen molar-refractivity contribution < 1.29 is 14.7 Å². The van der Waals surface area contributed by atoms with Crippen molar-refractivity contribution in [2.75, 3.05) is 13.1 Å². The number of hydrogen-bond donors (Lipinski definition) is 1. The summed E-state index contributed by atoms with van der Waals surface area (Å²) in [5.41, 5.74) is 0. The average molecular weight is 225 g/mol. The highest BCUT2D eigenvalue weighted by atomic mass is 16.4. The van der Waals surface area contributed by atoms with Crippen molar-refractivity contribution in [3.05, 3.63) is 12.2 Å². The van der Waals surface area contributed by atoms with Crippen LogP contribution in [-0.2, 0) is 9.59 Å². The van der Waals surface area contributed by atoms with E-state index < -0.39 is 5.97 Å². The van der Waals surface area contributed by atoms with E-state index in [-0.39, 0.29) is 12.3 Å². The molecule has 90 valence electrons. The number of amides is 1. The molecule has 1 aliphatic carbocycles. The van der Waals surface area contributed by atoms with E-state index in [1.54, 1.807) is 4.90 Å². The molecular weight excluding hydrogens is 206 g/mol. The van der Waals surface area contributed by atoms with Crippen LogP contribution in [0.2, 0.25) is 0 Å². The van der Waals surface area contributed by atoms with E-state index in [1.807, 2.05) is 6.92 Å². The van der Waals surface area contributed by atoms with Crippen LogP contribution in [0, 0.1) is 5.92 Å². The fourth-order valence-electron chi connectivity index (χ4n) is 1.91. The van der Waals surface area contributed by atoms with Gasteiger partial charge in [0, 0.05) is 19.5 Å². The van der Waals surface area contributed by atoms with Crippen LogP contribution in [0.15, 0.2) is 12.2 Å². The highest BCUT2D eigenvalue weighted by molar-refractivity contribution is 5.77. The Morgan fingerprint density at radius 3 is 2.75 bits per heavy atom. The molecule has 1 rings (SSSR count). The standard InChI is InChI=1S/C12H19NO3/c1-2-13(8-7-12(15)16)11(14)9-10-5-3-4-6-10/h3,5,10H,2,4,6-9H2,1H3,(H,15,16). The van der Waals surface area contributed by atoms with E-state index in [9.17, 15) is 9.59 Å². The second-order valence-corrected chi connectivity index (χ2v) is 4.09. The van der Waals surface area contributed by atoms with E-state index in [0.717, 1.165) is 12.8 Å². The van der Waals surface area contributed by atoms with Gasteiger partial charge in [-0.15, -0.1) is 0 Å². The summed E-state index contributed by atoms with van der Waals surface area (Å²) >= 11 is 0. The van der Waals surface area contributed by atoms with Crippen LogP contribution in [0.4, 0.5) is 0 Å². The summed E-state index contributed by atoms with van der Waals surface area (Å²) in [6.07, 6.45) is 6.83. The van der Waals surface area contributed by atoms with Crippen LogP contribution in [0.25, 0.3) is 0 Å². The Bertz CT molecular complexity index is 286. The van der Waals surface area contributed by atoms with Crippen LogP contribution < -0.4 is 0 Å². The molecule has 1 unspecified atom stereocenters. The summed E-state index contributed by atoms with van der Waals surface area (Å²) in [7, 11) is 0. The maximum absolute atomic E-state index is 11.8. The maximum Gasteiger partial charge on any atom is 0.305 e. The van der Waals surface area contributed by atoms with E-state index in [2.05, 4.69) is 12.2 Å². The lowest BCUT2D eigenvalue weighted by molar-refractivity contribution is -0.138. The molecule has 4 nitrogen and oxygen atoms in total. The summed E-state index contributed by atoms with van der Waals surface area (Å²) in [5, 5.41) is 8.57. The lowest BCUT2D eigenvalue weighted by Crippen LogP contribution is -2.33. The van der Waals surface area contributed by atoms with Crippen LogP contribution in [0.3, 0.4) is 0 Å². The quantitative estimate of drug-likeness (QED) is 0.699. The molecule has 0 aromatic rings. The predicted octanol–water partition coefficient (Wildman–Crippen LogP) is 1.67. The van der Waals surface area contributed by atoms with Crippen molar-refractivity contribution in [2.45, 2.75) is 32.6 Å². The highest BCUT2D eigenvalue weighted by Crippen LogP contribution is 2.21. The molecule has 0 spiro atoms. The van der Waals surface area contributed by atoms with Gasteiger partial charge in [0.05, 0.1) is 6.42 Å². The monoisotopic (exact) mass is 225 g/mol. The number of nitrogens with zero attached hydrogens (tertiary/aromatic N) is 1. The Morgan fingerprint density at radius 2 is 2.25 bits per heavy atom. The van der Waals surface area contributed by atoms with Crippen molar-refractivity contribution in [1.29, 1.82) is 0 Å². The average Bonchev–Trinajstić information content (AvgIpc) is 2.71. The normalized spacial score (nSPS) is 18.7. The minimum atomic E-state index is -0.855. The third-order valence-corrected chi connectivity index (χ3v) is 2.88. The Labute approximate surface area is 95.9 Å². The first-order valence-corrected chi connectivity index (χ1v) is 5.79. The Balaban J connectivity index is 2.36. The summed E-state index contributed by atoms with van der Waals surface area (Å²) in [6.45, 7) is 2.79. The molecule has 0 radical (unpaired) electrons. The van der Waals surface area contributed by atoms with E-state index in [4.69, 9.17) is 5.11 Å². The van der Waals surface area contributed by atoms with Crippen LogP contribution in [-0.4, -0.2) is 35.0 Å². The van der Waals surface area contributed by atoms with Gasteiger partial charge in [0.15, 0.2) is 0 Å². The first-order valence-electron chi connectivity index (χ1n) is 5.79. The first-order chi connectivity index (χ1) is 7.63. The highest BCUT2D eigenvalue weighted by Gasteiger charge is 2.18. The molecule has 1 atom stereocenters. The molecule has 1 N–H and O–H groups in total. The number of carbonyl (C=O) groups excluding carboxylic acids is 1. The number of hydrogen-bond acceptors (Lipinski definition) is 2. The Kier molecular flexibility index (Phi) is 5.02. The SMILES string of the molecule is CCN(CCC(=O)O)C(=O)CC1C=CCC1. The minimum Gasteiger partial charge on any atom is -0.481 e. The van der Waals surface area contributed by atoms with E-state index in [0.29, 0.717) is 25.4 Å². The van der Waals surface area contributed by atoms with Crippen molar-refractivity contribution in [1.82, 2.24) is 4.90 Å². The number of rotatable bonds is 6. The van der Waals surface area contributed by atoms with Gasteiger partial charge in [-0.05, 0) is 25.7 Å². The van der Waals surface area contributed by atoms with Crippen LogP contribution >= 0.6 is 0 Å². The largest absolute Gasteiger partial charge is 0.481 e. The van der Waals surface area contributed by atoms with Crippen molar-refractivity contribution in [2.24, 2.45) is 5.92 Å². The Morgan fingerprint density at radius 1 is 1.50 bits per heavy atom. The minimum absolute atomic E-state index is 0.0279. The molecule has 0 saturated heterocycles. The number of carboxylic acid groups (broad SMARTS) is 1.